The summed E-state index contributed by atoms with van der Waals surface area (Å²) >= 11 is 1.40. The van der Waals surface area contributed by atoms with Crippen LogP contribution in [-0.4, -0.2) is 11.8 Å². The Hall–Kier alpha value is -2.92. The monoisotopic (exact) mass is 376 g/mol. The lowest BCUT2D eigenvalue weighted by atomic mass is 10.0. The molecule has 2 N–H and O–H groups in total. The lowest BCUT2D eigenvalue weighted by Crippen LogP contribution is -2.29. The van der Waals surface area contributed by atoms with Crippen LogP contribution in [-0.2, 0) is 0 Å². The Morgan fingerprint density at radius 3 is 2.26 bits per heavy atom. The van der Waals surface area contributed by atoms with Gasteiger partial charge in [-0.1, -0.05) is 36.4 Å². The van der Waals surface area contributed by atoms with E-state index in [1.165, 1.54) is 11.3 Å². The van der Waals surface area contributed by atoms with Crippen LogP contribution in [0.4, 0.5) is 5.69 Å². The Balaban J connectivity index is 1.42. The summed E-state index contributed by atoms with van der Waals surface area (Å²) in [7, 11) is 0. The third-order valence-electron chi connectivity index (χ3n) is 4.69. The molecule has 0 bridgehead atoms. The average Bonchev–Trinajstić information content (AvgIpc) is 3.39. The number of anilines is 1. The smallest absolute Gasteiger partial charge is 0.265 e. The average molecular weight is 376 g/mol. The van der Waals surface area contributed by atoms with Crippen molar-refractivity contribution in [3.8, 4) is 0 Å². The van der Waals surface area contributed by atoms with E-state index < -0.39 is 0 Å². The number of carbonyl (C=O) groups excluding carboxylic acids is 2. The van der Waals surface area contributed by atoms with Gasteiger partial charge in [0.05, 0.1) is 10.9 Å². The maximum Gasteiger partial charge on any atom is 0.265 e. The maximum absolute atomic E-state index is 12.7. The number of hydrogen-bond acceptors (Lipinski definition) is 3. The van der Waals surface area contributed by atoms with Crippen LogP contribution in [0.5, 0.6) is 0 Å². The number of rotatable bonds is 6. The molecule has 3 aromatic rings. The van der Waals surface area contributed by atoms with Gasteiger partial charge in [-0.05, 0) is 60.0 Å². The van der Waals surface area contributed by atoms with Gasteiger partial charge >= 0.3 is 0 Å². The van der Waals surface area contributed by atoms with Crippen molar-refractivity contribution in [3.05, 3.63) is 88.1 Å². The SMILES string of the molecule is O=C(NC(c1ccccc1)C1CC1)c1ccc(NC(=O)c2cccs2)cc1. The summed E-state index contributed by atoms with van der Waals surface area (Å²) < 4.78 is 0. The van der Waals surface area contributed by atoms with E-state index in [1.807, 2.05) is 29.6 Å². The Morgan fingerprint density at radius 2 is 1.63 bits per heavy atom. The van der Waals surface area contributed by atoms with Crippen molar-refractivity contribution in [3.63, 3.8) is 0 Å². The topological polar surface area (TPSA) is 58.2 Å². The van der Waals surface area contributed by atoms with Gasteiger partial charge in [0.15, 0.2) is 0 Å². The van der Waals surface area contributed by atoms with Gasteiger partial charge in [-0.3, -0.25) is 9.59 Å². The van der Waals surface area contributed by atoms with Crippen molar-refractivity contribution < 1.29 is 9.59 Å². The molecule has 1 aliphatic carbocycles. The van der Waals surface area contributed by atoms with Gasteiger partial charge in [0, 0.05) is 11.3 Å². The van der Waals surface area contributed by atoms with E-state index in [0.29, 0.717) is 22.0 Å². The first-order valence-electron chi connectivity index (χ1n) is 9.01. The van der Waals surface area contributed by atoms with Gasteiger partial charge in [0.2, 0.25) is 0 Å². The first-order valence-corrected chi connectivity index (χ1v) is 9.89. The molecule has 5 heteroatoms. The fraction of sp³-hybridized carbons (Fsp3) is 0.182. The van der Waals surface area contributed by atoms with Crippen molar-refractivity contribution in [2.45, 2.75) is 18.9 Å². The molecule has 0 radical (unpaired) electrons. The number of nitrogens with one attached hydrogen (secondary N) is 2. The molecule has 4 rings (SSSR count). The maximum atomic E-state index is 12.7. The zero-order valence-corrected chi connectivity index (χ0v) is 15.5. The molecule has 1 heterocycles. The predicted octanol–water partition coefficient (Wildman–Crippen LogP) is 4.88. The standard InChI is InChI=1S/C22H20N2O2S/c25-21(24-20(16-8-9-16)15-5-2-1-3-6-15)17-10-12-18(13-11-17)23-22(26)19-7-4-14-27-19/h1-7,10-14,16,20H,8-9H2,(H,23,26)(H,24,25). The Kier molecular flexibility index (Phi) is 5.03. The third kappa shape index (κ3) is 4.26. The van der Waals surface area contributed by atoms with Crippen molar-refractivity contribution in [1.29, 1.82) is 0 Å². The summed E-state index contributed by atoms with van der Waals surface area (Å²) in [6.45, 7) is 0. The molecule has 2 aromatic carbocycles. The number of hydrogen-bond donors (Lipinski definition) is 2. The van der Waals surface area contributed by atoms with E-state index in [1.54, 1.807) is 30.3 Å². The molecule has 1 atom stereocenters. The zero-order chi connectivity index (χ0) is 18.6. The van der Waals surface area contributed by atoms with E-state index in [-0.39, 0.29) is 17.9 Å². The van der Waals surface area contributed by atoms with Gasteiger partial charge in [-0.2, -0.15) is 0 Å². The highest BCUT2D eigenvalue weighted by atomic mass is 32.1. The third-order valence-corrected chi connectivity index (χ3v) is 5.56. The van der Waals surface area contributed by atoms with Crippen molar-refractivity contribution in [2.75, 3.05) is 5.32 Å². The lowest BCUT2D eigenvalue weighted by molar-refractivity contribution is 0.0931. The molecule has 1 aromatic heterocycles. The zero-order valence-electron chi connectivity index (χ0n) is 14.7. The van der Waals surface area contributed by atoms with Crippen LogP contribution in [0, 0.1) is 5.92 Å². The van der Waals surface area contributed by atoms with E-state index in [0.717, 1.165) is 18.4 Å². The van der Waals surface area contributed by atoms with E-state index >= 15 is 0 Å². The number of amides is 2. The largest absolute Gasteiger partial charge is 0.345 e. The molecule has 4 nitrogen and oxygen atoms in total. The molecular weight excluding hydrogens is 356 g/mol. The molecule has 1 fully saturated rings. The normalized spacial score (nSPS) is 14.4. The van der Waals surface area contributed by atoms with Crippen LogP contribution < -0.4 is 10.6 Å². The summed E-state index contributed by atoms with van der Waals surface area (Å²) in [5.74, 6) is 0.285. The highest BCUT2D eigenvalue weighted by molar-refractivity contribution is 7.12. The second kappa shape index (κ2) is 7.76. The molecule has 1 unspecified atom stereocenters. The quantitative estimate of drug-likeness (QED) is 0.644. The second-order valence-electron chi connectivity index (χ2n) is 6.71. The first kappa shape index (κ1) is 17.5. The molecule has 1 aliphatic rings. The Bertz CT molecular complexity index is 917. The highest BCUT2D eigenvalue weighted by Crippen LogP contribution is 2.41. The van der Waals surface area contributed by atoms with Crippen LogP contribution in [0.15, 0.2) is 72.1 Å². The summed E-state index contributed by atoms with van der Waals surface area (Å²) in [6, 6.07) is 20.8. The predicted molar refractivity (Wildman–Crippen MR) is 108 cm³/mol. The van der Waals surface area contributed by atoms with Crippen molar-refractivity contribution >= 4 is 28.8 Å². The molecule has 0 saturated heterocycles. The molecule has 136 valence electrons. The molecule has 1 saturated carbocycles. The summed E-state index contributed by atoms with van der Waals surface area (Å²) in [6.07, 6.45) is 2.29. The van der Waals surface area contributed by atoms with E-state index in [4.69, 9.17) is 0 Å². The summed E-state index contributed by atoms with van der Waals surface area (Å²) in [4.78, 5) is 25.4. The first-order chi connectivity index (χ1) is 13.2. The summed E-state index contributed by atoms with van der Waals surface area (Å²) in [5.41, 5.74) is 2.41. The fourth-order valence-corrected chi connectivity index (χ4v) is 3.71. The molecule has 2 amide bonds. The van der Waals surface area contributed by atoms with E-state index in [9.17, 15) is 9.59 Å². The minimum atomic E-state index is -0.139. The van der Waals surface area contributed by atoms with Crippen LogP contribution >= 0.6 is 11.3 Å². The van der Waals surface area contributed by atoms with Gasteiger partial charge in [-0.25, -0.2) is 0 Å². The summed E-state index contributed by atoms with van der Waals surface area (Å²) in [5, 5.41) is 7.88. The molecule has 0 aliphatic heterocycles. The van der Waals surface area contributed by atoms with Crippen LogP contribution in [0.2, 0.25) is 0 Å². The Labute approximate surface area is 162 Å². The fourth-order valence-electron chi connectivity index (χ4n) is 3.09. The van der Waals surface area contributed by atoms with Gasteiger partial charge in [-0.15, -0.1) is 11.3 Å². The number of carbonyl (C=O) groups is 2. The second-order valence-corrected chi connectivity index (χ2v) is 7.66. The van der Waals surface area contributed by atoms with Gasteiger partial charge in [0.1, 0.15) is 0 Å². The van der Waals surface area contributed by atoms with Crippen LogP contribution in [0.1, 0.15) is 44.5 Å². The molecule has 0 spiro atoms. The minimum Gasteiger partial charge on any atom is -0.345 e. The molecule has 27 heavy (non-hydrogen) atoms. The highest BCUT2D eigenvalue weighted by Gasteiger charge is 2.33. The minimum absolute atomic E-state index is 0.0527. The number of benzene rings is 2. The lowest BCUT2D eigenvalue weighted by Gasteiger charge is -2.19. The van der Waals surface area contributed by atoms with Crippen molar-refractivity contribution in [1.82, 2.24) is 5.32 Å². The van der Waals surface area contributed by atoms with Gasteiger partial charge in [0.25, 0.3) is 11.8 Å². The van der Waals surface area contributed by atoms with Gasteiger partial charge < -0.3 is 10.6 Å². The number of thiophene rings is 1. The van der Waals surface area contributed by atoms with E-state index in [2.05, 4.69) is 22.8 Å². The van der Waals surface area contributed by atoms with Crippen LogP contribution in [0.3, 0.4) is 0 Å². The Morgan fingerprint density at radius 1 is 0.889 bits per heavy atom. The van der Waals surface area contributed by atoms with Crippen molar-refractivity contribution in [2.24, 2.45) is 5.92 Å². The van der Waals surface area contributed by atoms with Crippen LogP contribution in [0.25, 0.3) is 0 Å². The molecular formula is C22H20N2O2S.